The summed E-state index contributed by atoms with van der Waals surface area (Å²) in [6, 6.07) is 5.06. The SMILES string of the molecule is CCCNC1CCN(c2cccc(F)c2F)C(C)C1C. The standard InChI is InChI=1S/C16H24F2N2/c1-4-9-19-14-8-10-20(12(3)11(14)2)15-7-5-6-13(17)16(15)18/h5-7,11-12,14,19H,4,8-10H2,1-3H3. The van der Waals surface area contributed by atoms with Crippen LogP contribution in [0.3, 0.4) is 0 Å². The lowest BCUT2D eigenvalue weighted by molar-refractivity contribution is 0.269. The lowest BCUT2D eigenvalue weighted by Gasteiger charge is -2.44. The summed E-state index contributed by atoms with van der Waals surface area (Å²) in [5, 5.41) is 3.55. The van der Waals surface area contributed by atoms with E-state index >= 15 is 0 Å². The maximum atomic E-state index is 14.0. The van der Waals surface area contributed by atoms with Crippen molar-refractivity contribution in [2.24, 2.45) is 5.92 Å². The molecule has 0 saturated carbocycles. The molecule has 3 atom stereocenters. The minimum absolute atomic E-state index is 0.189. The molecule has 0 aliphatic carbocycles. The largest absolute Gasteiger partial charge is 0.366 e. The Labute approximate surface area is 120 Å². The summed E-state index contributed by atoms with van der Waals surface area (Å²) < 4.78 is 27.3. The predicted octanol–water partition coefficient (Wildman–Crippen LogP) is 3.57. The van der Waals surface area contributed by atoms with Gasteiger partial charge in [0.05, 0.1) is 5.69 Å². The molecule has 4 heteroatoms. The van der Waals surface area contributed by atoms with Crippen LogP contribution in [-0.2, 0) is 0 Å². The van der Waals surface area contributed by atoms with Gasteiger partial charge in [-0.15, -0.1) is 0 Å². The smallest absolute Gasteiger partial charge is 0.182 e. The zero-order valence-corrected chi connectivity index (χ0v) is 12.5. The Morgan fingerprint density at radius 1 is 1.30 bits per heavy atom. The highest BCUT2D eigenvalue weighted by atomic mass is 19.2. The highest BCUT2D eigenvalue weighted by Crippen LogP contribution is 2.31. The molecule has 1 fully saturated rings. The minimum Gasteiger partial charge on any atom is -0.366 e. The van der Waals surface area contributed by atoms with Crippen molar-refractivity contribution < 1.29 is 8.78 Å². The van der Waals surface area contributed by atoms with Gasteiger partial charge in [-0.3, -0.25) is 0 Å². The summed E-state index contributed by atoms with van der Waals surface area (Å²) in [4.78, 5) is 1.99. The zero-order valence-electron chi connectivity index (χ0n) is 12.5. The van der Waals surface area contributed by atoms with E-state index in [-0.39, 0.29) is 6.04 Å². The van der Waals surface area contributed by atoms with Gasteiger partial charge in [0.1, 0.15) is 0 Å². The quantitative estimate of drug-likeness (QED) is 0.908. The van der Waals surface area contributed by atoms with Gasteiger partial charge < -0.3 is 10.2 Å². The van der Waals surface area contributed by atoms with Crippen molar-refractivity contribution in [2.45, 2.75) is 45.7 Å². The summed E-state index contributed by atoms with van der Waals surface area (Å²) in [7, 11) is 0. The van der Waals surface area contributed by atoms with E-state index in [4.69, 9.17) is 0 Å². The number of hydrogen-bond donors (Lipinski definition) is 1. The average molecular weight is 282 g/mol. The highest BCUT2D eigenvalue weighted by Gasteiger charge is 2.33. The maximum Gasteiger partial charge on any atom is 0.182 e. The molecule has 0 aromatic heterocycles. The van der Waals surface area contributed by atoms with E-state index < -0.39 is 11.6 Å². The second kappa shape index (κ2) is 6.53. The molecule has 112 valence electrons. The fraction of sp³-hybridized carbons (Fsp3) is 0.625. The molecule has 20 heavy (non-hydrogen) atoms. The van der Waals surface area contributed by atoms with Crippen LogP contribution in [0.25, 0.3) is 0 Å². The van der Waals surface area contributed by atoms with E-state index in [1.807, 2.05) is 4.90 Å². The Morgan fingerprint density at radius 2 is 2.05 bits per heavy atom. The van der Waals surface area contributed by atoms with Gasteiger partial charge in [0.25, 0.3) is 0 Å². The van der Waals surface area contributed by atoms with Crippen molar-refractivity contribution in [1.82, 2.24) is 5.32 Å². The lowest BCUT2D eigenvalue weighted by Crippen LogP contribution is -2.53. The van der Waals surface area contributed by atoms with Gasteiger partial charge in [0.2, 0.25) is 0 Å². The molecule has 0 bridgehead atoms. The van der Waals surface area contributed by atoms with Gasteiger partial charge >= 0.3 is 0 Å². The lowest BCUT2D eigenvalue weighted by atomic mass is 9.86. The number of nitrogens with one attached hydrogen (secondary N) is 1. The predicted molar refractivity (Wildman–Crippen MR) is 79.0 cm³/mol. The third-order valence-corrected chi connectivity index (χ3v) is 4.47. The van der Waals surface area contributed by atoms with E-state index in [1.54, 1.807) is 12.1 Å². The molecule has 1 aliphatic heterocycles. The molecular formula is C16H24F2N2. The summed E-state index contributed by atoms with van der Waals surface area (Å²) in [6.07, 6.45) is 2.07. The van der Waals surface area contributed by atoms with Crippen molar-refractivity contribution in [3.8, 4) is 0 Å². The van der Waals surface area contributed by atoms with E-state index in [1.165, 1.54) is 6.07 Å². The van der Waals surface area contributed by atoms with Crippen LogP contribution in [0, 0.1) is 17.6 Å². The molecule has 0 spiro atoms. The molecular weight excluding hydrogens is 258 g/mol. The molecule has 1 aliphatic rings. The average Bonchev–Trinajstić information content (AvgIpc) is 2.44. The molecule has 3 unspecified atom stereocenters. The third kappa shape index (κ3) is 2.95. The molecule has 1 saturated heterocycles. The first kappa shape index (κ1) is 15.2. The Bertz CT molecular complexity index is 450. The number of anilines is 1. The molecule has 1 heterocycles. The van der Waals surface area contributed by atoms with Gasteiger partial charge in [0.15, 0.2) is 11.6 Å². The van der Waals surface area contributed by atoms with Crippen LogP contribution >= 0.6 is 0 Å². The maximum absolute atomic E-state index is 14.0. The first-order chi connectivity index (χ1) is 9.56. The minimum atomic E-state index is -0.770. The van der Waals surface area contributed by atoms with Crippen LogP contribution in [0.4, 0.5) is 14.5 Å². The monoisotopic (exact) mass is 282 g/mol. The summed E-state index contributed by atoms with van der Waals surface area (Å²) >= 11 is 0. The summed E-state index contributed by atoms with van der Waals surface area (Å²) in [5.41, 5.74) is 0.387. The molecule has 0 amide bonds. The second-order valence-electron chi connectivity index (χ2n) is 5.72. The topological polar surface area (TPSA) is 15.3 Å². The van der Waals surface area contributed by atoms with E-state index in [9.17, 15) is 8.78 Å². The van der Waals surface area contributed by atoms with Crippen LogP contribution < -0.4 is 10.2 Å². The summed E-state index contributed by atoms with van der Waals surface area (Å²) in [5.74, 6) is -1.10. The van der Waals surface area contributed by atoms with E-state index in [2.05, 4.69) is 26.1 Å². The molecule has 1 N–H and O–H groups in total. The van der Waals surface area contributed by atoms with Gasteiger partial charge in [0, 0.05) is 18.6 Å². The van der Waals surface area contributed by atoms with Crippen molar-refractivity contribution in [3.63, 3.8) is 0 Å². The van der Waals surface area contributed by atoms with Crippen molar-refractivity contribution in [2.75, 3.05) is 18.0 Å². The highest BCUT2D eigenvalue weighted by molar-refractivity contribution is 5.49. The van der Waals surface area contributed by atoms with Gasteiger partial charge in [-0.05, 0) is 44.4 Å². The molecule has 2 rings (SSSR count). The van der Waals surface area contributed by atoms with Crippen molar-refractivity contribution >= 4 is 5.69 Å². The second-order valence-corrected chi connectivity index (χ2v) is 5.72. The first-order valence-electron chi connectivity index (χ1n) is 7.50. The van der Waals surface area contributed by atoms with Crippen LogP contribution in [0.15, 0.2) is 18.2 Å². The first-order valence-corrected chi connectivity index (χ1v) is 7.50. The van der Waals surface area contributed by atoms with Gasteiger partial charge in [-0.25, -0.2) is 8.78 Å². The number of halogens is 2. The zero-order chi connectivity index (χ0) is 14.7. The molecule has 2 nitrogen and oxygen atoms in total. The van der Waals surface area contributed by atoms with Crippen molar-refractivity contribution in [1.29, 1.82) is 0 Å². The Balaban J connectivity index is 2.14. The fourth-order valence-corrected chi connectivity index (χ4v) is 3.04. The van der Waals surface area contributed by atoms with Crippen LogP contribution in [0.1, 0.15) is 33.6 Å². The molecule has 0 radical (unpaired) electrons. The third-order valence-electron chi connectivity index (χ3n) is 4.47. The molecule has 1 aromatic rings. The van der Waals surface area contributed by atoms with Gasteiger partial charge in [-0.1, -0.05) is 19.9 Å². The van der Waals surface area contributed by atoms with E-state index in [0.717, 1.165) is 25.9 Å². The number of hydrogen-bond acceptors (Lipinski definition) is 2. The Morgan fingerprint density at radius 3 is 2.75 bits per heavy atom. The van der Waals surface area contributed by atoms with E-state index in [0.29, 0.717) is 17.6 Å². The van der Waals surface area contributed by atoms with Crippen molar-refractivity contribution in [3.05, 3.63) is 29.8 Å². The van der Waals surface area contributed by atoms with Crippen LogP contribution in [0.2, 0.25) is 0 Å². The van der Waals surface area contributed by atoms with Crippen LogP contribution in [-0.4, -0.2) is 25.2 Å². The number of benzene rings is 1. The van der Waals surface area contributed by atoms with Crippen LogP contribution in [0.5, 0.6) is 0 Å². The number of rotatable bonds is 4. The normalized spacial score (nSPS) is 26.9. The number of piperidine rings is 1. The fourth-order valence-electron chi connectivity index (χ4n) is 3.04. The Hall–Kier alpha value is -1.16. The Kier molecular flexibility index (Phi) is 4.97. The van der Waals surface area contributed by atoms with Gasteiger partial charge in [-0.2, -0.15) is 0 Å². The number of nitrogens with zero attached hydrogens (tertiary/aromatic N) is 1. The molecule has 1 aromatic carbocycles. The summed E-state index contributed by atoms with van der Waals surface area (Å²) in [6.45, 7) is 8.19.